The molecule has 2 aromatic carbocycles. The Kier molecular flexibility index (Phi) is 5.73. The van der Waals surface area contributed by atoms with Crippen LogP contribution in [0, 0.1) is 13.8 Å². The third kappa shape index (κ3) is 4.32. The number of rotatable bonds is 5. The molecule has 0 bridgehead atoms. The molecule has 0 spiro atoms. The zero-order valence-corrected chi connectivity index (χ0v) is 17.2. The smallest absolute Gasteiger partial charge is 0.248 e. The lowest BCUT2D eigenvalue weighted by Crippen LogP contribution is -2.10. The van der Waals surface area contributed by atoms with E-state index in [9.17, 15) is 9.59 Å². The number of nitrogens with one attached hydrogen (secondary N) is 2. The molecule has 1 aromatic heterocycles. The summed E-state index contributed by atoms with van der Waals surface area (Å²) < 4.78 is 11.2. The van der Waals surface area contributed by atoms with Crippen LogP contribution in [0.5, 0.6) is 5.75 Å². The van der Waals surface area contributed by atoms with Gasteiger partial charge in [-0.05, 0) is 56.2 Å². The van der Waals surface area contributed by atoms with Crippen molar-refractivity contribution < 1.29 is 18.7 Å². The van der Waals surface area contributed by atoms with E-state index in [0.717, 1.165) is 33.2 Å². The number of fused-ring (bicyclic) bond motifs is 1. The van der Waals surface area contributed by atoms with E-state index in [1.165, 1.54) is 13.0 Å². The van der Waals surface area contributed by atoms with E-state index in [1.54, 1.807) is 37.6 Å². The molecule has 0 aliphatic heterocycles. The summed E-state index contributed by atoms with van der Waals surface area (Å²) in [5.41, 5.74) is 5.52. The van der Waals surface area contributed by atoms with Crippen molar-refractivity contribution in [2.45, 2.75) is 27.7 Å². The molecule has 3 aromatic rings. The van der Waals surface area contributed by atoms with Gasteiger partial charge in [0.2, 0.25) is 11.8 Å². The number of benzene rings is 2. The van der Waals surface area contributed by atoms with Gasteiger partial charge in [0.15, 0.2) is 0 Å². The second kappa shape index (κ2) is 8.22. The van der Waals surface area contributed by atoms with Crippen molar-refractivity contribution in [1.82, 2.24) is 0 Å². The summed E-state index contributed by atoms with van der Waals surface area (Å²) in [5, 5.41) is 6.52. The van der Waals surface area contributed by atoms with Crippen LogP contribution in [0.4, 0.5) is 11.4 Å². The van der Waals surface area contributed by atoms with E-state index in [1.807, 2.05) is 26.8 Å². The molecule has 0 radical (unpaired) electrons. The summed E-state index contributed by atoms with van der Waals surface area (Å²) in [4.78, 5) is 23.8. The first-order valence-electron chi connectivity index (χ1n) is 9.23. The molecule has 0 unspecified atom stereocenters. The van der Waals surface area contributed by atoms with E-state index in [-0.39, 0.29) is 11.8 Å². The Morgan fingerprint density at radius 2 is 1.76 bits per heavy atom. The van der Waals surface area contributed by atoms with Crippen LogP contribution < -0.4 is 15.4 Å². The van der Waals surface area contributed by atoms with Gasteiger partial charge in [-0.25, -0.2) is 0 Å². The van der Waals surface area contributed by atoms with Crippen LogP contribution in [0.3, 0.4) is 0 Å². The first kappa shape index (κ1) is 20.2. The molecular formula is C23H24N2O4. The highest BCUT2D eigenvalue weighted by molar-refractivity contribution is 6.05. The maximum absolute atomic E-state index is 12.6. The van der Waals surface area contributed by atoms with Crippen LogP contribution in [0.1, 0.15) is 30.5 Å². The Morgan fingerprint density at radius 1 is 1.07 bits per heavy atom. The highest BCUT2D eigenvalue weighted by Gasteiger charge is 2.16. The molecule has 2 N–H and O–H groups in total. The van der Waals surface area contributed by atoms with Gasteiger partial charge < -0.3 is 19.8 Å². The normalized spacial score (nSPS) is 11.4. The van der Waals surface area contributed by atoms with Crippen molar-refractivity contribution in [1.29, 1.82) is 0 Å². The fourth-order valence-corrected chi connectivity index (χ4v) is 3.32. The van der Waals surface area contributed by atoms with Crippen LogP contribution in [0.2, 0.25) is 0 Å². The number of aryl methyl sites for hydroxylation is 2. The zero-order valence-electron chi connectivity index (χ0n) is 17.2. The standard InChI is InChI=1S/C23H24N2O4/c1-13(9-21(27)25-18-8-6-7-17(10-18)24-16(4)26)19-11-20-14(2)12-29-23(20)15(3)22(19)28-5/h6-12H,1-5H3,(H,24,26)(H,25,27)/b13-9+. The molecule has 0 saturated heterocycles. The lowest BCUT2D eigenvalue weighted by atomic mass is 9.98. The summed E-state index contributed by atoms with van der Waals surface area (Å²) in [6.45, 7) is 7.22. The Hall–Kier alpha value is -3.54. The quantitative estimate of drug-likeness (QED) is 0.595. The summed E-state index contributed by atoms with van der Waals surface area (Å²) in [6.07, 6.45) is 3.25. The highest BCUT2D eigenvalue weighted by Crippen LogP contribution is 2.37. The van der Waals surface area contributed by atoms with Gasteiger partial charge in [0.05, 0.1) is 13.4 Å². The Morgan fingerprint density at radius 3 is 2.41 bits per heavy atom. The Labute approximate surface area is 169 Å². The van der Waals surface area contributed by atoms with Gasteiger partial charge in [-0.15, -0.1) is 0 Å². The SMILES string of the molecule is COc1c(/C(C)=C/C(=O)Nc2cccc(NC(C)=O)c2)cc2c(C)coc2c1C. The van der Waals surface area contributed by atoms with E-state index in [2.05, 4.69) is 10.6 Å². The van der Waals surface area contributed by atoms with Gasteiger partial charge in [-0.2, -0.15) is 0 Å². The van der Waals surface area contributed by atoms with Crippen LogP contribution >= 0.6 is 0 Å². The third-order valence-corrected chi connectivity index (χ3v) is 4.66. The molecule has 0 aliphatic carbocycles. The van der Waals surface area contributed by atoms with Gasteiger partial charge >= 0.3 is 0 Å². The van der Waals surface area contributed by atoms with Crippen LogP contribution in [0.15, 0.2) is 47.1 Å². The van der Waals surface area contributed by atoms with Gasteiger partial charge in [0, 0.05) is 40.9 Å². The van der Waals surface area contributed by atoms with Crippen LogP contribution in [-0.4, -0.2) is 18.9 Å². The molecule has 6 heteroatoms. The van der Waals surface area contributed by atoms with Crippen LogP contribution in [-0.2, 0) is 9.59 Å². The predicted molar refractivity (Wildman–Crippen MR) is 115 cm³/mol. The van der Waals surface area contributed by atoms with Crippen molar-refractivity contribution in [3.63, 3.8) is 0 Å². The summed E-state index contributed by atoms with van der Waals surface area (Å²) in [7, 11) is 1.61. The second-order valence-corrected chi connectivity index (χ2v) is 6.96. The molecule has 3 rings (SSSR count). The molecule has 150 valence electrons. The molecule has 0 atom stereocenters. The lowest BCUT2D eigenvalue weighted by Gasteiger charge is -2.13. The molecule has 0 aliphatic rings. The lowest BCUT2D eigenvalue weighted by molar-refractivity contribution is -0.114. The molecule has 2 amide bonds. The fourth-order valence-electron chi connectivity index (χ4n) is 3.32. The number of anilines is 2. The van der Waals surface area contributed by atoms with Gasteiger partial charge in [-0.3, -0.25) is 9.59 Å². The van der Waals surface area contributed by atoms with Crippen molar-refractivity contribution in [3.8, 4) is 5.75 Å². The van der Waals surface area contributed by atoms with Crippen molar-refractivity contribution >= 4 is 39.7 Å². The highest BCUT2D eigenvalue weighted by atomic mass is 16.5. The minimum absolute atomic E-state index is 0.170. The first-order valence-corrected chi connectivity index (χ1v) is 9.23. The second-order valence-electron chi connectivity index (χ2n) is 6.96. The topological polar surface area (TPSA) is 80.6 Å². The Bertz CT molecular complexity index is 1130. The maximum atomic E-state index is 12.6. The van der Waals surface area contributed by atoms with Crippen molar-refractivity contribution in [2.24, 2.45) is 0 Å². The summed E-state index contributed by atoms with van der Waals surface area (Å²) >= 11 is 0. The number of hydrogen-bond acceptors (Lipinski definition) is 4. The summed E-state index contributed by atoms with van der Waals surface area (Å²) in [6, 6.07) is 8.97. The van der Waals surface area contributed by atoms with Gasteiger partial charge in [-0.1, -0.05) is 6.07 Å². The van der Waals surface area contributed by atoms with Gasteiger partial charge in [0.1, 0.15) is 11.3 Å². The summed E-state index contributed by atoms with van der Waals surface area (Å²) in [5.74, 6) is 0.240. The largest absolute Gasteiger partial charge is 0.496 e. The Balaban J connectivity index is 1.90. The number of hydrogen-bond donors (Lipinski definition) is 2. The number of carbonyl (C=O) groups excluding carboxylic acids is 2. The number of methoxy groups -OCH3 is 1. The van der Waals surface area contributed by atoms with Crippen molar-refractivity contribution in [2.75, 3.05) is 17.7 Å². The van der Waals surface area contributed by atoms with E-state index < -0.39 is 0 Å². The molecule has 0 fully saturated rings. The number of ether oxygens (including phenoxy) is 1. The number of amides is 2. The van der Waals surface area contributed by atoms with Crippen LogP contribution in [0.25, 0.3) is 16.5 Å². The van der Waals surface area contributed by atoms with E-state index in [4.69, 9.17) is 9.15 Å². The van der Waals surface area contributed by atoms with E-state index >= 15 is 0 Å². The number of carbonyl (C=O) groups is 2. The molecule has 0 saturated carbocycles. The number of allylic oxidation sites excluding steroid dienone is 1. The molecule has 29 heavy (non-hydrogen) atoms. The van der Waals surface area contributed by atoms with Gasteiger partial charge in [0.25, 0.3) is 0 Å². The third-order valence-electron chi connectivity index (χ3n) is 4.66. The monoisotopic (exact) mass is 392 g/mol. The average Bonchev–Trinajstić information content (AvgIpc) is 3.02. The fraction of sp³-hybridized carbons (Fsp3) is 0.217. The minimum Gasteiger partial charge on any atom is -0.496 e. The first-order chi connectivity index (χ1) is 13.8. The minimum atomic E-state index is -0.272. The van der Waals surface area contributed by atoms with Crippen molar-refractivity contribution in [3.05, 3.63) is 59.4 Å². The zero-order chi connectivity index (χ0) is 21.1. The molecule has 6 nitrogen and oxygen atoms in total. The maximum Gasteiger partial charge on any atom is 0.248 e. The average molecular weight is 392 g/mol. The number of furan rings is 1. The van der Waals surface area contributed by atoms with E-state index in [0.29, 0.717) is 17.1 Å². The molecule has 1 heterocycles. The predicted octanol–water partition coefficient (Wildman–Crippen LogP) is 5.06. The molecular weight excluding hydrogens is 368 g/mol.